The molecule has 1 heterocycles. The highest BCUT2D eigenvalue weighted by molar-refractivity contribution is 14.2. The zero-order valence-corrected chi connectivity index (χ0v) is 7.60. The van der Waals surface area contributed by atoms with Gasteiger partial charge in [-0.05, 0) is 28.3 Å². The van der Waals surface area contributed by atoms with Crippen LogP contribution in [0.25, 0.3) is 0 Å². The molecule has 0 saturated carbocycles. The van der Waals surface area contributed by atoms with Crippen molar-refractivity contribution < 1.29 is 9.53 Å². The van der Waals surface area contributed by atoms with Crippen LogP contribution in [0.3, 0.4) is 0 Å². The molecule has 9 heavy (non-hydrogen) atoms. The summed E-state index contributed by atoms with van der Waals surface area (Å²) in [6.07, 6.45) is 0. The van der Waals surface area contributed by atoms with Gasteiger partial charge >= 0.3 is 5.97 Å². The number of nitrogens with zero attached hydrogens (tertiary/aromatic N) is 1. The van der Waals surface area contributed by atoms with Crippen LogP contribution >= 0.6 is 28.3 Å². The zero-order chi connectivity index (χ0) is 6.69. The van der Waals surface area contributed by atoms with E-state index in [1.165, 1.54) is 7.11 Å². The third kappa shape index (κ3) is 1.75. The van der Waals surface area contributed by atoms with Crippen LogP contribution in [-0.2, 0) is 9.53 Å². The Balaban J connectivity index is 2.62. The van der Waals surface area contributed by atoms with Crippen molar-refractivity contribution in [2.24, 2.45) is 4.99 Å². The van der Waals surface area contributed by atoms with Crippen molar-refractivity contribution in [2.45, 2.75) is 0 Å². The van der Waals surface area contributed by atoms with E-state index in [0.717, 1.165) is 0 Å². The number of hydrogen-bond donors (Lipinski definition) is 0. The first-order chi connectivity index (χ1) is 4.34. The first kappa shape index (κ1) is 7.20. The van der Waals surface area contributed by atoms with Gasteiger partial charge in [-0.3, -0.25) is 0 Å². The second-order valence-electron chi connectivity index (χ2n) is 1.18. The van der Waals surface area contributed by atoms with E-state index in [1.54, 1.807) is 14.5 Å². The second-order valence-corrected chi connectivity index (χ2v) is 5.60. The summed E-state index contributed by atoms with van der Waals surface area (Å²) in [4.78, 5) is 14.5. The largest absolute Gasteiger partial charge is 0.464 e. The number of ether oxygens (including phenoxy) is 1. The minimum atomic E-state index is -0.274. The van der Waals surface area contributed by atoms with E-state index in [4.69, 9.17) is 0 Å². The highest BCUT2D eigenvalue weighted by Gasteiger charge is 2.10. The molecular weight excluding hydrogens is 253 g/mol. The molecule has 0 aromatic heterocycles. The maximum absolute atomic E-state index is 10.7. The molecule has 0 amide bonds. The smallest absolute Gasteiger partial charge is 0.363 e. The van der Waals surface area contributed by atoms with Crippen molar-refractivity contribution in [1.82, 2.24) is 0 Å². The van der Waals surface area contributed by atoms with Crippen molar-refractivity contribution in [3.05, 3.63) is 0 Å². The molecule has 0 aliphatic carbocycles. The summed E-state index contributed by atoms with van der Waals surface area (Å²) in [5.74, 6) is -0.274. The Labute approximate surface area is 65.1 Å². The summed E-state index contributed by atoms with van der Waals surface area (Å²) in [5, 5.41) is 0. The summed E-state index contributed by atoms with van der Waals surface area (Å²) in [7, 11) is 2.98. The lowest BCUT2D eigenvalue weighted by atomic mass is 10.7. The fourth-order valence-electron chi connectivity index (χ4n) is 0.317. The minimum absolute atomic E-state index is 0.234. The second kappa shape index (κ2) is 3.31. The van der Waals surface area contributed by atoms with Crippen molar-refractivity contribution in [3.63, 3.8) is 0 Å². The molecular formula is C4H4INO2S. The third-order valence-electron chi connectivity index (χ3n) is 0.677. The van der Waals surface area contributed by atoms with Crippen LogP contribution in [-0.4, -0.2) is 22.3 Å². The Bertz CT molecular complexity index is 189. The van der Waals surface area contributed by atoms with Crippen molar-refractivity contribution in [3.8, 4) is 0 Å². The van der Waals surface area contributed by atoms with E-state index < -0.39 is 0 Å². The van der Waals surface area contributed by atoms with Gasteiger partial charge in [-0.15, -0.1) is 0 Å². The fourth-order valence-corrected chi connectivity index (χ4v) is 3.52. The molecule has 1 aliphatic rings. The van der Waals surface area contributed by atoms with Gasteiger partial charge in [0, 0.05) is 0 Å². The summed E-state index contributed by atoms with van der Waals surface area (Å²) in [6.45, 7) is 0. The monoisotopic (exact) mass is 257 g/mol. The van der Waals surface area contributed by atoms with Gasteiger partial charge in [-0.1, -0.05) is 0 Å². The topological polar surface area (TPSA) is 38.7 Å². The Morgan fingerprint density at radius 1 is 2.00 bits per heavy atom. The Hall–Kier alpha value is 0.0900. The number of carbonyl (C=O) groups excluding carboxylic acids is 1. The van der Waals surface area contributed by atoms with E-state index in [9.17, 15) is 4.79 Å². The van der Waals surface area contributed by atoms with Crippen molar-refractivity contribution >= 4 is 43.4 Å². The quantitative estimate of drug-likeness (QED) is 0.518. The number of methoxy groups -OCH3 is 1. The first-order valence-electron chi connectivity index (χ1n) is 2.13. The highest BCUT2D eigenvalue weighted by Crippen LogP contribution is 2.25. The predicted octanol–water partition coefficient (Wildman–Crippen LogP) is 0.950. The zero-order valence-electron chi connectivity index (χ0n) is 4.63. The van der Waals surface area contributed by atoms with Gasteiger partial charge in [0.2, 0.25) is 0 Å². The average molecular weight is 257 g/mol. The molecule has 0 N–H and O–H groups in total. The third-order valence-corrected chi connectivity index (χ3v) is 4.51. The number of rotatable bonds is 1. The lowest BCUT2D eigenvalue weighted by molar-refractivity contribution is -0.132. The number of hydrogen-bond acceptors (Lipinski definition) is 4. The molecule has 0 radical (unpaired) electrons. The molecule has 50 valence electrons. The number of aliphatic imine (C=N–C) groups is 1. The molecule has 0 fully saturated rings. The molecule has 0 bridgehead atoms. The molecule has 3 nitrogen and oxygen atoms in total. The molecule has 5 heteroatoms. The summed E-state index contributed by atoms with van der Waals surface area (Å²) in [5.41, 5.74) is 1.69. The maximum Gasteiger partial charge on any atom is 0.363 e. The molecule has 0 unspecified atom stereocenters. The maximum atomic E-state index is 10.7. The predicted molar refractivity (Wildman–Crippen MR) is 47.1 cm³/mol. The molecule has 1 rings (SSSR count). The van der Waals surface area contributed by atoms with E-state index >= 15 is 0 Å². The average Bonchev–Trinajstić information content (AvgIpc) is 2.37. The Morgan fingerprint density at radius 2 is 2.78 bits per heavy atom. The van der Waals surface area contributed by atoms with E-state index in [1.807, 2.05) is 0 Å². The van der Waals surface area contributed by atoms with Gasteiger partial charge in [-0.2, -0.15) is 0 Å². The summed E-state index contributed by atoms with van der Waals surface area (Å²) >= 11 is -0.234. The standard InChI is InChI=1S/C4H4INO2S/c1-8-4(7)3-5-9-2-6-3/h2H,1H3. The van der Waals surface area contributed by atoms with Crippen LogP contribution in [0.4, 0.5) is 0 Å². The van der Waals surface area contributed by atoms with Crippen LogP contribution in [0.5, 0.6) is 0 Å². The SMILES string of the molecule is COC(=O)C1=ISC=N1. The number of esters is 1. The van der Waals surface area contributed by atoms with Gasteiger partial charge in [0.05, 0.1) is 12.7 Å². The highest BCUT2D eigenvalue weighted by atomic mass is 127. The number of carbonyl (C=O) groups is 1. The molecule has 0 aromatic rings. The van der Waals surface area contributed by atoms with Crippen LogP contribution in [0.15, 0.2) is 4.99 Å². The Morgan fingerprint density at radius 3 is 3.22 bits per heavy atom. The number of halogens is 1. The van der Waals surface area contributed by atoms with Crippen molar-refractivity contribution in [2.75, 3.05) is 7.11 Å². The lowest BCUT2D eigenvalue weighted by Gasteiger charge is -1.91. The lowest BCUT2D eigenvalue weighted by Crippen LogP contribution is -2.09. The fraction of sp³-hybridized carbons (Fsp3) is 0.250. The normalized spacial score (nSPS) is 16.3. The molecule has 0 spiro atoms. The van der Waals surface area contributed by atoms with Gasteiger partial charge in [0.1, 0.15) is 0 Å². The van der Waals surface area contributed by atoms with Crippen LogP contribution in [0, 0.1) is 0 Å². The molecule has 1 aliphatic heterocycles. The first-order valence-corrected chi connectivity index (χ1v) is 6.63. The van der Waals surface area contributed by atoms with Crippen LogP contribution < -0.4 is 0 Å². The van der Waals surface area contributed by atoms with Gasteiger partial charge in [-0.25, -0.2) is 9.79 Å². The molecule has 0 saturated heterocycles. The molecule has 0 atom stereocenters. The van der Waals surface area contributed by atoms with E-state index in [2.05, 4.69) is 9.73 Å². The minimum Gasteiger partial charge on any atom is -0.464 e. The molecule has 0 aromatic carbocycles. The van der Waals surface area contributed by atoms with Crippen LogP contribution in [0.1, 0.15) is 0 Å². The van der Waals surface area contributed by atoms with Gasteiger partial charge < -0.3 is 4.74 Å². The van der Waals surface area contributed by atoms with Crippen LogP contribution in [0.2, 0.25) is 0 Å². The van der Waals surface area contributed by atoms with Gasteiger partial charge in [0.15, 0.2) is 3.63 Å². The van der Waals surface area contributed by atoms with Gasteiger partial charge in [0.25, 0.3) is 0 Å². The van der Waals surface area contributed by atoms with E-state index in [-0.39, 0.29) is 25.3 Å². The van der Waals surface area contributed by atoms with E-state index in [0.29, 0.717) is 3.63 Å². The Kier molecular flexibility index (Phi) is 2.65. The summed E-state index contributed by atoms with van der Waals surface area (Å²) < 4.78 is 5.07. The van der Waals surface area contributed by atoms with Crippen molar-refractivity contribution in [1.29, 1.82) is 0 Å². The summed E-state index contributed by atoms with van der Waals surface area (Å²) in [6, 6.07) is 0.